The van der Waals surface area contributed by atoms with Crippen molar-refractivity contribution in [2.75, 3.05) is 6.67 Å². The third-order valence-corrected chi connectivity index (χ3v) is 3.92. The zero-order valence-corrected chi connectivity index (χ0v) is 13.4. The van der Waals surface area contributed by atoms with Gasteiger partial charge in [0, 0.05) is 10.6 Å². The highest BCUT2D eigenvalue weighted by atomic mass is 35.5. The Morgan fingerprint density at radius 1 is 1.52 bits per heavy atom. The fourth-order valence-corrected chi connectivity index (χ4v) is 2.44. The number of benzene rings is 1. The summed E-state index contributed by atoms with van der Waals surface area (Å²) in [4.78, 5) is 12.0. The van der Waals surface area contributed by atoms with Crippen molar-refractivity contribution in [1.29, 1.82) is 0 Å². The molecule has 2 atom stereocenters. The fraction of sp³-hybridized carbons (Fsp3) is 0.400. The summed E-state index contributed by atoms with van der Waals surface area (Å²) < 4.78 is 23.6. The van der Waals surface area contributed by atoms with Gasteiger partial charge >= 0.3 is 5.97 Å². The monoisotopic (exact) mass is 332 g/mol. The highest BCUT2D eigenvalue weighted by Gasteiger charge is 2.31. The van der Waals surface area contributed by atoms with E-state index in [0.717, 1.165) is 11.1 Å². The van der Waals surface area contributed by atoms with Crippen molar-refractivity contribution in [2.24, 2.45) is 0 Å². The van der Waals surface area contributed by atoms with Gasteiger partial charge in [-0.15, -0.1) is 0 Å². The van der Waals surface area contributed by atoms with Gasteiger partial charge in [0.1, 0.15) is 12.4 Å². The van der Waals surface area contributed by atoms with Gasteiger partial charge in [-0.2, -0.15) is 0 Å². The minimum atomic E-state index is -1.000. The summed E-state index contributed by atoms with van der Waals surface area (Å²) in [5, 5.41) is 0.589. The third-order valence-electron chi connectivity index (χ3n) is 3.25. The van der Waals surface area contributed by atoms with Gasteiger partial charge in [0.25, 0.3) is 0 Å². The van der Waals surface area contributed by atoms with Crippen LogP contribution in [0.5, 0.6) is 5.75 Å². The van der Waals surface area contributed by atoms with Crippen LogP contribution in [-0.4, -0.2) is 24.3 Å². The van der Waals surface area contributed by atoms with Crippen LogP contribution in [0.25, 0.3) is 6.08 Å². The van der Waals surface area contributed by atoms with Gasteiger partial charge in [-0.1, -0.05) is 23.2 Å². The molecule has 0 spiro atoms. The Hall–Kier alpha value is -1.26. The molecule has 1 aromatic rings. The highest BCUT2D eigenvalue weighted by Crippen LogP contribution is 2.37. The number of fused-ring (bicyclic) bond motifs is 1. The van der Waals surface area contributed by atoms with Gasteiger partial charge in [0.2, 0.25) is 0 Å². The van der Waals surface area contributed by atoms with Crippen LogP contribution in [0.2, 0.25) is 5.02 Å². The largest absolute Gasteiger partial charge is 0.482 e. The Labute approximate surface area is 132 Å². The topological polar surface area (TPSA) is 35.5 Å². The predicted octanol–water partition coefficient (Wildman–Crippen LogP) is 4.20. The van der Waals surface area contributed by atoms with Crippen LogP contribution in [0.15, 0.2) is 11.6 Å². The lowest BCUT2D eigenvalue weighted by Gasteiger charge is -2.26. The Kier molecular flexibility index (Phi) is 4.79. The number of halogens is 3. The van der Waals surface area contributed by atoms with Crippen molar-refractivity contribution in [3.05, 3.63) is 33.4 Å². The maximum atomic E-state index is 13.2. The van der Waals surface area contributed by atoms with Gasteiger partial charge in [-0.05, 0) is 44.0 Å². The van der Waals surface area contributed by atoms with Crippen molar-refractivity contribution < 1.29 is 18.7 Å². The van der Waals surface area contributed by atoms with E-state index in [2.05, 4.69) is 0 Å². The number of ether oxygens (including phenoxy) is 2. The summed E-state index contributed by atoms with van der Waals surface area (Å²) >= 11 is 11.8. The quantitative estimate of drug-likeness (QED) is 0.614. The number of alkyl halides is 2. The molecule has 0 saturated carbocycles. The maximum absolute atomic E-state index is 13.2. The van der Waals surface area contributed by atoms with Crippen LogP contribution < -0.4 is 4.74 Å². The smallest absolute Gasteiger partial charge is 0.339 e. The molecule has 0 saturated heterocycles. The summed E-state index contributed by atoms with van der Waals surface area (Å²) in [5.41, 5.74) is 1.56. The highest BCUT2D eigenvalue weighted by molar-refractivity contribution is 6.32. The van der Waals surface area contributed by atoms with E-state index in [4.69, 9.17) is 32.7 Å². The van der Waals surface area contributed by atoms with Crippen LogP contribution in [0, 0.1) is 13.8 Å². The summed E-state index contributed by atoms with van der Waals surface area (Å²) in [5.74, 6) is -0.186. The molecule has 1 aliphatic heterocycles. The molecule has 0 radical (unpaired) electrons. The van der Waals surface area contributed by atoms with E-state index in [1.165, 1.54) is 6.92 Å². The first-order valence-electron chi connectivity index (χ1n) is 6.44. The molecule has 1 aromatic carbocycles. The van der Waals surface area contributed by atoms with Crippen LogP contribution >= 0.6 is 23.2 Å². The predicted molar refractivity (Wildman–Crippen MR) is 80.7 cm³/mol. The Bertz CT molecular complexity index is 611. The minimum Gasteiger partial charge on any atom is -0.482 e. The van der Waals surface area contributed by atoms with Crippen molar-refractivity contribution in [2.45, 2.75) is 32.4 Å². The average Bonchev–Trinajstić information content (AvgIpc) is 2.43. The number of hydrogen-bond donors (Lipinski definition) is 0. The molecule has 0 N–H and O–H groups in total. The Morgan fingerprint density at radius 2 is 2.19 bits per heavy atom. The zero-order chi connectivity index (χ0) is 15.7. The van der Waals surface area contributed by atoms with Gasteiger partial charge in [-0.25, -0.2) is 9.18 Å². The van der Waals surface area contributed by atoms with Gasteiger partial charge in [0.15, 0.2) is 11.7 Å². The second-order valence-corrected chi connectivity index (χ2v) is 5.85. The standard InChI is InChI=1S/C15H15Cl2FO3/c1-7-4-12-10(8(2)14(7)17)5-11(13(6-18)21-12)15(19)20-9(3)16/h4-5,9,13H,6H2,1-3H3/t9?,13-/m1/s1. The summed E-state index contributed by atoms with van der Waals surface area (Å²) in [6.07, 6.45) is 0.561. The minimum absolute atomic E-state index is 0.0977. The van der Waals surface area contributed by atoms with E-state index in [1.807, 2.05) is 13.8 Å². The van der Waals surface area contributed by atoms with E-state index < -0.39 is 24.3 Å². The number of carbonyl (C=O) groups excluding carboxylic acids is 1. The van der Waals surface area contributed by atoms with Crippen LogP contribution in [0.1, 0.15) is 23.6 Å². The SMILES string of the molecule is Cc1cc2c(c(C)c1Cl)C=C(C(=O)OC(C)Cl)[C@@H](CF)O2. The van der Waals surface area contributed by atoms with Gasteiger partial charge in [0.05, 0.1) is 5.57 Å². The lowest BCUT2D eigenvalue weighted by molar-refractivity contribution is -0.141. The summed E-state index contributed by atoms with van der Waals surface area (Å²) in [6, 6.07) is 1.73. The molecule has 6 heteroatoms. The van der Waals surface area contributed by atoms with Crippen molar-refractivity contribution in [1.82, 2.24) is 0 Å². The average molecular weight is 333 g/mol. The summed E-state index contributed by atoms with van der Waals surface area (Å²) in [7, 11) is 0. The Balaban J connectivity index is 2.50. The van der Waals surface area contributed by atoms with E-state index in [0.29, 0.717) is 16.3 Å². The molecule has 114 valence electrons. The number of rotatable bonds is 3. The van der Waals surface area contributed by atoms with Crippen molar-refractivity contribution >= 4 is 35.2 Å². The molecule has 3 nitrogen and oxygen atoms in total. The van der Waals surface area contributed by atoms with E-state index in [-0.39, 0.29) is 5.57 Å². The number of hydrogen-bond acceptors (Lipinski definition) is 3. The number of carbonyl (C=O) groups is 1. The van der Waals surface area contributed by atoms with Crippen LogP contribution in [-0.2, 0) is 9.53 Å². The molecule has 21 heavy (non-hydrogen) atoms. The molecule has 1 unspecified atom stereocenters. The first-order valence-corrected chi connectivity index (χ1v) is 7.25. The molecule has 0 bridgehead atoms. The molecular formula is C15H15Cl2FO3. The second kappa shape index (κ2) is 6.24. The first kappa shape index (κ1) is 16.1. The van der Waals surface area contributed by atoms with E-state index in [9.17, 15) is 9.18 Å². The van der Waals surface area contributed by atoms with Gasteiger partial charge < -0.3 is 9.47 Å². The Morgan fingerprint density at radius 3 is 2.76 bits per heavy atom. The fourth-order valence-electron chi connectivity index (χ4n) is 2.20. The number of aryl methyl sites for hydroxylation is 1. The maximum Gasteiger partial charge on any atom is 0.339 e. The molecule has 0 aromatic heterocycles. The number of esters is 1. The summed E-state index contributed by atoms with van der Waals surface area (Å²) in [6.45, 7) is 4.33. The van der Waals surface area contributed by atoms with Crippen molar-refractivity contribution in [3.8, 4) is 5.75 Å². The molecule has 0 amide bonds. The molecular weight excluding hydrogens is 318 g/mol. The molecule has 1 heterocycles. The van der Waals surface area contributed by atoms with Crippen LogP contribution in [0.3, 0.4) is 0 Å². The van der Waals surface area contributed by atoms with Gasteiger partial charge in [-0.3, -0.25) is 0 Å². The lowest BCUT2D eigenvalue weighted by Crippen LogP contribution is -2.31. The zero-order valence-electron chi connectivity index (χ0n) is 11.9. The van der Waals surface area contributed by atoms with Crippen LogP contribution in [0.4, 0.5) is 4.39 Å². The lowest BCUT2D eigenvalue weighted by atomic mass is 9.97. The normalized spacial score (nSPS) is 18.4. The third kappa shape index (κ3) is 3.16. The first-order chi connectivity index (χ1) is 9.85. The second-order valence-electron chi connectivity index (χ2n) is 4.85. The van der Waals surface area contributed by atoms with E-state index >= 15 is 0 Å². The molecule has 2 rings (SSSR count). The van der Waals surface area contributed by atoms with Crippen molar-refractivity contribution in [3.63, 3.8) is 0 Å². The van der Waals surface area contributed by atoms with E-state index in [1.54, 1.807) is 12.1 Å². The molecule has 0 fully saturated rings. The molecule has 0 aliphatic carbocycles. The molecule has 1 aliphatic rings.